The number of methoxy groups -OCH3 is 1. The molecule has 5 rings (SSSR count). The van der Waals surface area contributed by atoms with Gasteiger partial charge in [-0.05, 0) is 73.2 Å². The summed E-state index contributed by atoms with van der Waals surface area (Å²) in [4.78, 5) is 16.4. The summed E-state index contributed by atoms with van der Waals surface area (Å²) >= 11 is 0. The Balaban J connectivity index is 1.32. The molecule has 7 nitrogen and oxygen atoms in total. The lowest BCUT2D eigenvalue weighted by Crippen LogP contribution is -2.16. The Morgan fingerprint density at radius 1 is 1.14 bits per heavy atom. The Labute approximate surface area is 208 Å². The standard InChI is InChI=1S/C28H28FN3O4/c1-35-27-11-7-19(15-23(27)29)26(16-28(33)34)32-25-10-9-22(14-20(25)17-30-32)36-13-12-21-8-6-18-4-2-3-5-24(18)31-21/h6-11,14-15,17,26H,2-5,12-13,16H2,1H3,(H,33,34). The van der Waals surface area contributed by atoms with Crippen LogP contribution in [0.1, 0.15) is 47.8 Å². The molecule has 186 valence electrons. The first kappa shape index (κ1) is 23.8. The van der Waals surface area contributed by atoms with Crippen molar-refractivity contribution in [1.29, 1.82) is 0 Å². The number of nitrogens with zero attached hydrogens (tertiary/aromatic N) is 3. The average Bonchev–Trinajstić information content (AvgIpc) is 3.30. The van der Waals surface area contributed by atoms with Crippen LogP contribution in [0.2, 0.25) is 0 Å². The van der Waals surface area contributed by atoms with Crippen molar-refractivity contribution in [2.24, 2.45) is 0 Å². The SMILES string of the molecule is COc1ccc(C(CC(=O)O)n2ncc3cc(OCCc4ccc5c(n4)CCCC5)ccc32)cc1F. The van der Waals surface area contributed by atoms with E-state index in [1.54, 1.807) is 16.9 Å². The maximum atomic E-state index is 14.4. The monoisotopic (exact) mass is 489 g/mol. The Morgan fingerprint density at radius 2 is 2.00 bits per heavy atom. The normalized spacial score (nSPS) is 13.8. The number of hydrogen-bond donors (Lipinski definition) is 1. The molecular formula is C28H28FN3O4. The second-order valence-corrected chi connectivity index (χ2v) is 9.03. The molecule has 0 radical (unpaired) electrons. The zero-order valence-electron chi connectivity index (χ0n) is 20.1. The molecule has 0 aliphatic heterocycles. The number of halogens is 1. The van der Waals surface area contributed by atoms with Gasteiger partial charge in [0.05, 0.1) is 37.9 Å². The van der Waals surface area contributed by atoms with Gasteiger partial charge in [0.1, 0.15) is 5.75 Å². The zero-order chi connectivity index (χ0) is 25.1. The van der Waals surface area contributed by atoms with Crippen LogP contribution in [0.25, 0.3) is 10.9 Å². The predicted octanol–water partition coefficient (Wildman–Crippen LogP) is 5.14. The van der Waals surface area contributed by atoms with Crippen molar-refractivity contribution < 1.29 is 23.8 Å². The van der Waals surface area contributed by atoms with Crippen molar-refractivity contribution in [3.63, 3.8) is 0 Å². The minimum atomic E-state index is -1.00. The number of carbonyl (C=O) groups is 1. The molecular weight excluding hydrogens is 461 g/mol. The molecule has 1 aliphatic carbocycles. The quantitative estimate of drug-likeness (QED) is 0.350. The molecule has 8 heteroatoms. The molecule has 1 aliphatic rings. The first-order valence-electron chi connectivity index (χ1n) is 12.1. The number of aliphatic carboxylic acids is 1. The number of hydrogen-bond acceptors (Lipinski definition) is 5. The number of pyridine rings is 1. The third-order valence-corrected chi connectivity index (χ3v) is 6.65. The lowest BCUT2D eigenvalue weighted by molar-refractivity contribution is -0.137. The van der Waals surface area contributed by atoms with Gasteiger partial charge in [-0.15, -0.1) is 0 Å². The van der Waals surface area contributed by atoms with E-state index in [9.17, 15) is 14.3 Å². The summed E-state index contributed by atoms with van der Waals surface area (Å²) in [6.45, 7) is 0.498. The van der Waals surface area contributed by atoms with Crippen LogP contribution in [0.5, 0.6) is 11.5 Å². The van der Waals surface area contributed by atoms with Gasteiger partial charge in [0, 0.05) is 23.2 Å². The summed E-state index contributed by atoms with van der Waals surface area (Å²) in [5.41, 5.74) is 4.86. The van der Waals surface area contributed by atoms with E-state index < -0.39 is 17.8 Å². The molecule has 1 atom stereocenters. The Hall–Kier alpha value is -3.94. The largest absolute Gasteiger partial charge is 0.494 e. The molecule has 1 unspecified atom stereocenters. The van der Waals surface area contributed by atoms with Crippen LogP contribution in [0.3, 0.4) is 0 Å². The number of rotatable bonds is 9. The molecule has 36 heavy (non-hydrogen) atoms. The van der Waals surface area contributed by atoms with E-state index >= 15 is 0 Å². The highest BCUT2D eigenvalue weighted by Gasteiger charge is 2.22. The Bertz CT molecular complexity index is 1400. The van der Waals surface area contributed by atoms with Crippen molar-refractivity contribution in [2.45, 2.75) is 44.6 Å². The van der Waals surface area contributed by atoms with Crippen LogP contribution in [0.4, 0.5) is 4.39 Å². The molecule has 4 aromatic rings. The topological polar surface area (TPSA) is 86.5 Å². The van der Waals surface area contributed by atoms with Gasteiger partial charge in [-0.2, -0.15) is 5.10 Å². The Morgan fingerprint density at radius 3 is 2.81 bits per heavy atom. The molecule has 0 bridgehead atoms. The lowest BCUT2D eigenvalue weighted by atomic mass is 9.96. The van der Waals surface area contributed by atoms with E-state index in [0.29, 0.717) is 24.3 Å². The van der Waals surface area contributed by atoms with Gasteiger partial charge >= 0.3 is 5.97 Å². The van der Waals surface area contributed by atoms with Gasteiger partial charge in [-0.1, -0.05) is 12.1 Å². The van der Waals surface area contributed by atoms with E-state index in [4.69, 9.17) is 14.5 Å². The summed E-state index contributed by atoms with van der Waals surface area (Å²) < 4.78 is 27.0. The highest BCUT2D eigenvalue weighted by Crippen LogP contribution is 2.30. The van der Waals surface area contributed by atoms with Gasteiger partial charge in [0.15, 0.2) is 11.6 Å². The maximum Gasteiger partial charge on any atom is 0.305 e. The van der Waals surface area contributed by atoms with Gasteiger partial charge in [-0.3, -0.25) is 14.5 Å². The molecule has 2 aromatic heterocycles. The van der Waals surface area contributed by atoms with Gasteiger partial charge in [-0.25, -0.2) is 4.39 Å². The second kappa shape index (κ2) is 10.4. The first-order chi connectivity index (χ1) is 17.5. The summed E-state index contributed by atoms with van der Waals surface area (Å²) in [5.74, 6) is -0.752. The van der Waals surface area contributed by atoms with E-state index in [0.717, 1.165) is 29.4 Å². The van der Waals surface area contributed by atoms with Crippen molar-refractivity contribution in [3.05, 3.63) is 83.1 Å². The van der Waals surface area contributed by atoms with E-state index in [1.165, 1.54) is 43.3 Å². The van der Waals surface area contributed by atoms with Crippen molar-refractivity contribution in [1.82, 2.24) is 14.8 Å². The van der Waals surface area contributed by atoms with E-state index in [1.807, 2.05) is 18.2 Å². The fraction of sp³-hybridized carbons (Fsp3) is 0.321. The molecule has 0 saturated heterocycles. The summed E-state index contributed by atoms with van der Waals surface area (Å²) in [5, 5.41) is 14.8. The molecule has 2 aromatic carbocycles. The van der Waals surface area contributed by atoms with E-state index in [2.05, 4.69) is 17.2 Å². The number of carboxylic acid groups (broad SMARTS) is 1. The van der Waals surface area contributed by atoms with Crippen LogP contribution in [-0.2, 0) is 24.1 Å². The third kappa shape index (κ3) is 5.03. The second-order valence-electron chi connectivity index (χ2n) is 9.03. The van der Waals surface area contributed by atoms with Gasteiger partial charge in [0.25, 0.3) is 0 Å². The minimum Gasteiger partial charge on any atom is -0.494 e. The number of carboxylic acids is 1. The molecule has 1 N–H and O–H groups in total. The molecule has 0 amide bonds. The number of aryl methyl sites for hydroxylation is 2. The highest BCUT2D eigenvalue weighted by molar-refractivity contribution is 5.81. The van der Waals surface area contributed by atoms with Crippen molar-refractivity contribution >= 4 is 16.9 Å². The van der Waals surface area contributed by atoms with Crippen LogP contribution in [-0.4, -0.2) is 39.6 Å². The number of ether oxygens (including phenoxy) is 2. The fourth-order valence-electron chi connectivity index (χ4n) is 4.81. The minimum absolute atomic E-state index is 0.102. The molecule has 0 saturated carbocycles. The number of benzene rings is 2. The zero-order valence-corrected chi connectivity index (χ0v) is 20.1. The summed E-state index contributed by atoms with van der Waals surface area (Å²) in [6, 6.07) is 13.6. The van der Waals surface area contributed by atoms with Crippen molar-refractivity contribution in [3.8, 4) is 11.5 Å². The molecule has 2 heterocycles. The van der Waals surface area contributed by atoms with Crippen LogP contribution >= 0.6 is 0 Å². The van der Waals surface area contributed by atoms with Crippen molar-refractivity contribution in [2.75, 3.05) is 13.7 Å². The fourth-order valence-corrected chi connectivity index (χ4v) is 4.81. The van der Waals surface area contributed by atoms with Crippen LogP contribution < -0.4 is 9.47 Å². The lowest BCUT2D eigenvalue weighted by Gasteiger charge is -2.18. The Kier molecular flexibility index (Phi) is 6.84. The summed E-state index contributed by atoms with van der Waals surface area (Å²) in [7, 11) is 1.39. The smallest absolute Gasteiger partial charge is 0.305 e. The first-order valence-corrected chi connectivity index (χ1v) is 12.1. The predicted molar refractivity (Wildman–Crippen MR) is 133 cm³/mol. The van der Waals surface area contributed by atoms with E-state index in [-0.39, 0.29) is 12.2 Å². The average molecular weight is 490 g/mol. The van der Waals surface area contributed by atoms with Gasteiger partial charge < -0.3 is 14.6 Å². The highest BCUT2D eigenvalue weighted by atomic mass is 19.1. The molecule has 0 spiro atoms. The maximum absolute atomic E-state index is 14.4. The van der Waals surface area contributed by atoms with Crippen LogP contribution in [0.15, 0.2) is 54.7 Å². The molecule has 0 fully saturated rings. The van der Waals surface area contributed by atoms with Gasteiger partial charge in [0.2, 0.25) is 0 Å². The summed E-state index contributed by atoms with van der Waals surface area (Å²) in [6.07, 6.45) is 6.76. The third-order valence-electron chi connectivity index (χ3n) is 6.65. The number of aromatic nitrogens is 3. The van der Waals surface area contributed by atoms with Crippen LogP contribution in [0, 0.1) is 5.82 Å². The number of fused-ring (bicyclic) bond motifs is 2.